The number of carbonyl (C=O) groups is 1. The van der Waals surface area contributed by atoms with Crippen LogP contribution in [0.3, 0.4) is 0 Å². The van der Waals surface area contributed by atoms with E-state index in [4.69, 9.17) is 9.47 Å². The van der Waals surface area contributed by atoms with E-state index in [0.29, 0.717) is 28.0 Å². The summed E-state index contributed by atoms with van der Waals surface area (Å²) in [7, 11) is 0. The van der Waals surface area contributed by atoms with Gasteiger partial charge in [-0.15, -0.1) is 0 Å². The maximum atomic E-state index is 11.7. The summed E-state index contributed by atoms with van der Waals surface area (Å²) in [6, 6.07) is 4.28. The SMILES string of the molecule is CC(C)Oc1ccc2nc(N3C4COCC3C4)sc2c1C(=O)O. The second-order valence-corrected chi connectivity index (χ2v) is 7.22. The molecule has 0 amide bonds. The molecule has 2 bridgehead atoms. The lowest BCUT2D eigenvalue weighted by atomic mass is 9.92. The number of carboxylic acids is 1. The Hall–Kier alpha value is -1.86. The van der Waals surface area contributed by atoms with Gasteiger partial charge in [0.1, 0.15) is 11.3 Å². The van der Waals surface area contributed by atoms with Gasteiger partial charge in [0.15, 0.2) is 5.13 Å². The number of rotatable bonds is 4. The molecule has 2 atom stereocenters. The van der Waals surface area contributed by atoms with Gasteiger partial charge in [-0.3, -0.25) is 0 Å². The fraction of sp³-hybridized carbons (Fsp3) is 0.500. The molecule has 0 radical (unpaired) electrons. The van der Waals surface area contributed by atoms with Crippen LogP contribution in [0.25, 0.3) is 10.2 Å². The second-order valence-electron chi connectivity index (χ2n) is 6.24. The van der Waals surface area contributed by atoms with E-state index >= 15 is 0 Å². The summed E-state index contributed by atoms with van der Waals surface area (Å²) >= 11 is 1.43. The van der Waals surface area contributed by atoms with Crippen molar-refractivity contribution in [3.63, 3.8) is 0 Å². The molecule has 23 heavy (non-hydrogen) atoms. The van der Waals surface area contributed by atoms with E-state index in [9.17, 15) is 9.90 Å². The predicted octanol–water partition coefficient (Wildman–Crippen LogP) is 2.76. The van der Waals surface area contributed by atoms with Crippen LogP contribution in [-0.2, 0) is 4.74 Å². The van der Waals surface area contributed by atoms with Crippen LogP contribution in [0.4, 0.5) is 5.13 Å². The Morgan fingerprint density at radius 1 is 1.43 bits per heavy atom. The van der Waals surface area contributed by atoms with Gasteiger partial charge in [-0.05, 0) is 32.4 Å². The number of thiazole rings is 1. The molecular weight excluding hydrogens is 316 g/mol. The third-order valence-electron chi connectivity index (χ3n) is 4.26. The Morgan fingerprint density at radius 2 is 2.17 bits per heavy atom. The molecule has 7 heteroatoms. The lowest BCUT2D eigenvalue weighted by Crippen LogP contribution is -2.64. The number of ether oxygens (including phenoxy) is 2. The van der Waals surface area contributed by atoms with Crippen LogP contribution < -0.4 is 9.64 Å². The molecule has 2 aliphatic rings. The van der Waals surface area contributed by atoms with Gasteiger partial charge in [0.25, 0.3) is 0 Å². The molecule has 0 spiro atoms. The number of fused-ring (bicyclic) bond motifs is 3. The molecule has 2 aliphatic heterocycles. The van der Waals surface area contributed by atoms with E-state index in [1.807, 2.05) is 19.9 Å². The van der Waals surface area contributed by atoms with Crippen LogP contribution in [0.5, 0.6) is 5.75 Å². The summed E-state index contributed by atoms with van der Waals surface area (Å²) in [4.78, 5) is 18.7. The molecule has 0 saturated carbocycles. The maximum absolute atomic E-state index is 11.7. The van der Waals surface area contributed by atoms with Crippen LogP contribution in [0.1, 0.15) is 30.6 Å². The van der Waals surface area contributed by atoms with Crippen LogP contribution in [0.2, 0.25) is 0 Å². The standard InChI is InChI=1S/C16H18N2O4S/c1-8(2)22-12-4-3-11-14(13(12)15(19)20)23-16(17-11)18-9-5-10(18)7-21-6-9/h3-4,8-10H,5-7H2,1-2H3,(H,19,20). The first-order chi connectivity index (χ1) is 11.0. The van der Waals surface area contributed by atoms with Crippen molar-refractivity contribution in [2.24, 2.45) is 0 Å². The molecule has 1 N–H and O–H groups in total. The fourth-order valence-corrected chi connectivity index (χ4v) is 4.52. The molecule has 3 heterocycles. The fourth-order valence-electron chi connectivity index (χ4n) is 3.28. The van der Waals surface area contributed by atoms with E-state index in [2.05, 4.69) is 9.88 Å². The first-order valence-electron chi connectivity index (χ1n) is 7.74. The van der Waals surface area contributed by atoms with Crippen LogP contribution in [-0.4, -0.2) is 47.5 Å². The minimum Gasteiger partial charge on any atom is -0.490 e. The summed E-state index contributed by atoms with van der Waals surface area (Å²) < 4.78 is 11.8. The van der Waals surface area contributed by atoms with Gasteiger partial charge in [-0.25, -0.2) is 9.78 Å². The first-order valence-corrected chi connectivity index (χ1v) is 8.56. The van der Waals surface area contributed by atoms with Crippen molar-refractivity contribution in [2.45, 2.75) is 38.5 Å². The lowest BCUT2D eigenvalue weighted by Gasteiger charge is -2.52. The van der Waals surface area contributed by atoms with Crippen molar-refractivity contribution < 1.29 is 19.4 Å². The normalized spacial score (nSPS) is 23.2. The zero-order chi connectivity index (χ0) is 16.1. The summed E-state index contributed by atoms with van der Waals surface area (Å²) in [5, 5.41) is 10.5. The number of anilines is 1. The topological polar surface area (TPSA) is 71.9 Å². The third kappa shape index (κ3) is 2.35. The molecule has 4 rings (SSSR count). The Labute approximate surface area is 137 Å². The average Bonchev–Trinajstić information content (AvgIpc) is 2.89. The third-order valence-corrected chi connectivity index (χ3v) is 5.36. The minimum atomic E-state index is -0.978. The Kier molecular flexibility index (Phi) is 3.42. The highest BCUT2D eigenvalue weighted by atomic mass is 32.1. The molecule has 1 aromatic heterocycles. The molecule has 122 valence electrons. The van der Waals surface area contributed by atoms with Crippen molar-refractivity contribution in [1.29, 1.82) is 0 Å². The van der Waals surface area contributed by atoms with Crippen molar-refractivity contribution in [1.82, 2.24) is 4.98 Å². The summed E-state index contributed by atoms with van der Waals surface area (Å²) in [5.74, 6) is -0.573. The lowest BCUT2D eigenvalue weighted by molar-refractivity contribution is 0.0103. The molecular formula is C16H18N2O4S. The van der Waals surface area contributed by atoms with Gasteiger partial charge in [0.2, 0.25) is 0 Å². The van der Waals surface area contributed by atoms with Crippen LogP contribution >= 0.6 is 11.3 Å². The van der Waals surface area contributed by atoms with Gasteiger partial charge >= 0.3 is 5.97 Å². The van der Waals surface area contributed by atoms with Crippen LogP contribution in [0.15, 0.2) is 12.1 Å². The molecule has 2 saturated heterocycles. The maximum Gasteiger partial charge on any atom is 0.341 e. The van der Waals surface area contributed by atoms with E-state index < -0.39 is 5.97 Å². The van der Waals surface area contributed by atoms with Gasteiger partial charge in [-0.2, -0.15) is 0 Å². The number of benzene rings is 1. The van der Waals surface area contributed by atoms with E-state index in [0.717, 1.165) is 24.8 Å². The van der Waals surface area contributed by atoms with Crippen molar-refractivity contribution >= 4 is 32.7 Å². The zero-order valence-electron chi connectivity index (χ0n) is 13.0. The van der Waals surface area contributed by atoms with Gasteiger partial charge in [-0.1, -0.05) is 11.3 Å². The molecule has 2 unspecified atom stereocenters. The smallest absolute Gasteiger partial charge is 0.341 e. The van der Waals surface area contributed by atoms with Gasteiger partial charge in [0, 0.05) is 0 Å². The summed E-state index contributed by atoms with van der Waals surface area (Å²) in [6.45, 7) is 5.21. The Bertz CT molecular complexity index is 759. The summed E-state index contributed by atoms with van der Waals surface area (Å²) in [5.41, 5.74) is 0.922. The number of carboxylic acid groups (broad SMARTS) is 1. The molecule has 0 aliphatic carbocycles. The highest BCUT2D eigenvalue weighted by Crippen LogP contribution is 2.42. The number of hydrogen-bond acceptors (Lipinski definition) is 6. The van der Waals surface area contributed by atoms with E-state index in [-0.39, 0.29) is 11.7 Å². The quantitative estimate of drug-likeness (QED) is 0.927. The molecule has 2 fully saturated rings. The Balaban J connectivity index is 1.79. The number of aromatic carboxylic acids is 1. The highest BCUT2D eigenvalue weighted by Gasteiger charge is 2.44. The number of hydrogen-bond donors (Lipinski definition) is 1. The highest BCUT2D eigenvalue weighted by molar-refractivity contribution is 7.22. The summed E-state index contributed by atoms with van der Waals surface area (Å²) in [6.07, 6.45) is 1.05. The van der Waals surface area contributed by atoms with Crippen molar-refractivity contribution in [2.75, 3.05) is 18.1 Å². The Morgan fingerprint density at radius 3 is 2.78 bits per heavy atom. The number of nitrogens with zero attached hydrogens (tertiary/aromatic N) is 2. The molecule has 1 aromatic carbocycles. The predicted molar refractivity (Wildman–Crippen MR) is 87.8 cm³/mol. The molecule has 2 aromatic rings. The van der Waals surface area contributed by atoms with E-state index in [1.54, 1.807) is 6.07 Å². The largest absolute Gasteiger partial charge is 0.490 e. The van der Waals surface area contributed by atoms with Crippen LogP contribution in [0, 0.1) is 0 Å². The minimum absolute atomic E-state index is 0.0789. The van der Waals surface area contributed by atoms with E-state index in [1.165, 1.54) is 11.3 Å². The van der Waals surface area contributed by atoms with Gasteiger partial charge < -0.3 is 19.5 Å². The number of aromatic nitrogens is 1. The first kappa shape index (κ1) is 14.7. The van der Waals surface area contributed by atoms with Crippen molar-refractivity contribution in [3.05, 3.63) is 17.7 Å². The molecule has 6 nitrogen and oxygen atoms in total. The van der Waals surface area contributed by atoms with Crippen molar-refractivity contribution in [3.8, 4) is 5.75 Å². The average molecular weight is 334 g/mol. The second kappa shape index (κ2) is 5.35. The number of morpholine rings is 1. The monoisotopic (exact) mass is 334 g/mol. The van der Waals surface area contributed by atoms with Gasteiger partial charge in [0.05, 0.1) is 41.6 Å². The zero-order valence-corrected chi connectivity index (χ0v) is 13.8.